The minimum absolute atomic E-state index is 0.0391. The van der Waals surface area contributed by atoms with E-state index in [0.717, 1.165) is 17.2 Å². The summed E-state index contributed by atoms with van der Waals surface area (Å²) < 4.78 is 0. The molecule has 0 fully saturated rings. The monoisotopic (exact) mass is 238 g/mol. The number of H-pyrrole nitrogens is 1. The molecule has 0 spiro atoms. The van der Waals surface area contributed by atoms with Crippen LogP contribution in [0.15, 0.2) is 18.6 Å². The van der Waals surface area contributed by atoms with Crippen molar-refractivity contribution in [2.24, 2.45) is 0 Å². The number of nitrogens with one attached hydrogen (secondary N) is 2. The molecule has 0 aliphatic heterocycles. The van der Waals surface area contributed by atoms with Crippen molar-refractivity contribution < 1.29 is 9.90 Å². The zero-order valence-corrected chi connectivity index (χ0v) is 9.28. The molecule has 3 N–H and O–H groups in total. The number of anilines is 1. The zero-order valence-electron chi connectivity index (χ0n) is 8.47. The van der Waals surface area contributed by atoms with Gasteiger partial charge in [-0.1, -0.05) is 11.3 Å². The molecule has 0 amide bonds. The van der Waals surface area contributed by atoms with Crippen molar-refractivity contribution >= 4 is 22.4 Å². The van der Waals surface area contributed by atoms with Gasteiger partial charge in [0.25, 0.3) is 0 Å². The number of carboxylic acid groups (broad SMARTS) is 1. The van der Waals surface area contributed by atoms with Crippen LogP contribution in [0.4, 0.5) is 5.13 Å². The molecule has 2 heterocycles. The molecule has 0 radical (unpaired) electrons. The second-order valence-corrected chi connectivity index (χ2v) is 4.21. The lowest BCUT2D eigenvalue weighted by Crippen LogP contribution is -2.07. The van der Waals surface area contributed by atoms with Gasteiger partial charge in [0.05, 0.1) is 12.2 Å². The van der Waals surface area contributed by atoms with Gasteiger partial charge < -0.3 is 15.4 Å². The van der Waals surface area contributed by atoms with Crippen LogP contribution in [0.5, 0.6) is 0 Å². The number of thiazole rings is 1. The van der Waals surface area contributed by atoms with Crippen molar-refractivity contribution in [1.82, 2.24) is 15.0 Å². The topological polar surface area (TPSA) is 90.9 Å². The van der Waals surface area contributed by atoms with Crippen LogP contribution < -0.4 is 5.32 Å². The number of rotatable bonds is 4. The highest BCUT2D eigenvalue weighted by Crippen LogP contribution is 2.22. The minimum Gasteiger partial charge on any atom is -0.477 e. The van der Waals surface area contributed by atoms with E-state index >= 15 is 0 Å². The first-order chi connectivity index (χ1) is 7.66. The number of aromatic amines is 1. The van der Waals surface area contributed by atoms with Gasteiger partial charge in [0, 0.05) is 12.4 Å². The fraction of sp³-hybridized carbons (Fsp3) is 0.222. The number of carboxylic acids is 1. The average molecular weight is 238 g/mol. The third-order valence-corrected chi connectivity index (χ3v) is 2.90. The summed E-state index contributed by atoms with van der Waals surface area (Å²) in [6.07, 6.45) is 4.74. The Balaban J connectivity index is 2.06. The summed E-state index contributed by atoms with van der Waals surface area (Å²) in [6.45, 7) is 1.92. The van der Waals surface area contributed by atoms with Crippen LogP contribution >= 0.6 is 11.3 Å². The first-order valence-corrected chi connectivity index (χ1v) is 5.43. The Morgan fingerprint density at radius 2 is 2.44 bits per heavy atom. The van der Waals surface area contributed by atoms with Crippen molar-refractivity contribution in [2.45, 2.75) is 13.0 Å². The van der Waals surface area contributed by atoms with Crippen LogP contribution in [0.3, 0.4) is 0 Å². The Labute approximate surface area is 95.4 Å². The van der Waals surface area contributed by atoms with E-state index in [1.807, 2.05) is 6.92 Å². The van der Waals surface area contributed by atoms with E-state index in [4.69, 9.17) is 5.11 Å². The summed E-state index contributed by atoms with van der Waals surface area (Å²) in [7, 11) is 0. The summed E-state index contributed by atoms with van der Waals surface area (Å²) in [5.41, 5.74) is 0. The molecular formula is C9H10N4O2S. The smallest absolute Gasteiger partial charge is 0.347 e. The predicted octanol–water partition coefficient (Wildman–Crippen LogP) is 1.74. The summed E-state index contributed by atoms with van der Waals surface area (Å²) in [6, 6.07) is -0.0391. The van der Waals surface area contributed by atoms with Gasteiger partial charge in [-0.25, -0.2) is 14.8 Å². The fourth-order valence-electron chi connectivity index (χ4n) is 1.21. The summed E-state index contributed by atoms with van der Waals surface area (Å²) in [5.74, 6) is -0.178. The van der Waals surface area contributed by atoms with Crippen LogP contribution in [0.2, 0.25) is 0 Å². The standard InChI is InChI=1S/C9H10N4O2S/c1-5(7-10-2-3-11-7)13-9-12-4-6(16-9)8(14)15/h2-5H,1H3,(H,10,11)(H,12,13)(H,14,15). The van der Waals surface area contributed by atoms with Crippen LogP contribution in [0, 0.1) is 0 Å². The predicted molar refractivity (Wildman–Crippen MR) is 59.7 cm³/mol. The molecule has 84 valence electrons. The molecule has 1 atom stereocenters. The Hall–Kier alpha value is -1.89. The van der Waals surface area contributed by atoms with Gasteiger partial charge >= 0.3 is 5.97 Å². The largest absolute Gasteiger partial charge is 0.477 e. The SMILES string of the molecule is CC(Nc1ncc(C(=O)O)s1)c1ncc[nH]1. The van der Waals surface area contributed by atoms with Crippen LogP contribution in [0.1, 0.15) is 28.5 Å². The van der Waals surface area contributed by atoms with Crippen LogP contribution in [-0.2, 0) is 0 Å². The van der Waals surface area contributed by atoms with E-state index in [0.29, 0.717) is 5.13 Å². The zero-order chi connectivity index (χ0) is 11.5. The third kappa shape index (κ3) is 2.19. The second kappa shape index (κ2) is 4.31. The van der Waals surface area contributed by atoms with Gasteiger partial charge in [0.15, 0.2) is 5.13 Å². The molecule has 0 aliphatic rings. The highest BCUT2D eigenvalue weighted by atomic mass is 32.1. The van der Waals surface area contributed by atoms with Gasteiger partial charge in [-0.05, 0) is 6.92 Å². The molecule has 0 saturated carbocycles. The summed E-state index contributed by atoms with van der Waals surface area (Å²) in [4.78, 5) is 21.9. The van der Waals surface area contributed by atoms with Gasteiger partial charge in [-0.2, -0.15) is 0 Å². The Bertz CT molecular complexity index is 479. The quantitative estimate of drug-likeness (QED) is 0.754. The Morgan fingerprint density at radius 3 is 3.00 bits per heavy atom. The van der Waals surface area contributed by atoms with Crippen LogP contribution in [0.25, 0.3) is 0 Å². The lowest BCUT2D eigenvalue weighted by Gasteiger charge is -2.09. The normalized spacial score (nSPS) is 12.3. The first-order valence-electron chi connectivity index (χ1n) is 4.61. The molecule has 2 aromatic rings. The third-order valence-electron chi connectivity index (χ3n) is 1.99. The maximum atomic E-state index is 10.7. The average Bonchev–Trinajstić information content (AvgIpc) is 2.87. The molecule has 1 unspecified atom stereocenters. The molecule has 2 rings (SSSR count). The van der Waals surface area contributed by atoms with E-state index in [9.17, 15) is 4.79 Å². The number of aromatic carboxylic acids is 1. The number of nitrogens with zero attached hydrogens (tertiary/aromatic N) is 2. The van der Waals surface area contributed by atoms with Gasteiger partial charge in [-0.3, -0.25) is 0 Å². The molecule has 0 saturated heterocycles. The first kappa shape index (κ1) is 10.6. The number of hydrogen-bond donors (Lipinski definition) is 3. The van der Waals surface area contributed by atoms with Gasteiger partial charge in [-0.15, -0.1) is 0 Å². The lowest BCUT2D eigenvalue weighted by atomic mass is 10.3. The van der Waals surface area contributed by atoms with E-state index in [-0.39, 0.29) is 10.9 Å². The lowest BCUT2D eigenvalue weighted by molar-refractivity contribution is 0.0702. The van der Waals surface area contributed by atoms with Crippen LogP contribution in [-0.4, -0.2) is 26.0 Å². The van der Waals surface area contributed by atoms with E-state index in [1.54, 1.807) is 12.4 Å². The maximum Gasteiger partial charge on any atom is 0.347 e. The highest BCUT2D eigenvalue weighted by Gasteiger charge is 2.12. The van der Waals surface area contributed by atoms with E-state index < -0.39 is 5.97 Å². The maximum absolute atomic E-state index is 10.7. The van der Waals surface area contributed by atoms with Crippen molar-refractivity contribution in [3.63, 3.8) is 0 Å². The number of aromatic nitrogens is 3. The molecule has 6 nitrogen and oxygen atoms in total. The molecule has 2 aromatic heterocycles. The number of imidazole rings is 1. The molecule has 0 aromatic carbocycles. The van der Waals surface area contributed by atoms with Gasteiger partial charge in [0.1, 0.15) is 10.7 Å². The van der Waals surface area contributed by atoms with Crippen molar-refractivity contribution in [2.75, 3.05) is 5.32 Å². The second-order valence-electron chi connectivity index (χ2n) is 3.18. The fourth-order valence-corrected chi connectivity index (χ4v) is 1.95. The highest BCUT2D eigenvalue weighted by molar-refractivity contribution is 7.17. The number of carbonyl (C=O) groups is 1. The molecular weight excluding hydrogens is 228 g/mol. The minimum atomic E-state index is -0.962. The van der Waals surface area contributed by atoms with E-state index in [2.05, 4.69) is 20.3 Å². The molecule has 16 heavy (non-hydrogen) atoms. The Kier molecular flexibility index (Phi) is 2.86. The Morgan fingerprint density at radius 1 is 1.62 bits per heavy atom. The summed E-state index contributed by atoms with van der Waals surface area (Å²) >= 11 is 1.10. The van der Waals surface area contributed by atoms with Crippen molar-refractivity contribution in [3.8, 4) is 0 Å². The molecule has 0 aliphatic carbocycles. The van der Waals surface area contributed by atoms with E-state index in [1.165, 1.54) is 6.20 Å². The van der Waals surface area contributed by atoms with Gasteiger partial charge in [0.2, 0.25) is 0 Å². The van der Waals surface area contributed by atoms with Crippen molar-refractivity contribution in [1.29, 1.82) is 0 Å². The molecule has 0 bridgehead atoms. The van der Waals surface area contributed by atoms with Crippen molar-refractivity contribution in [3.05, 3.63) is 29.3 Å². The molecule has 7 heteroatoms. The summed E-state index contributed by atoms with van der Waals surface area (Å²) in [5, 5.41) is 12.4. The number of hydrogen-bond acceptors (Lipinski definition) is 5.